The molecule has 3 rings (SSSR count). The average Bonchev–Trinajstić information content (AvgIpc) is 2.60. The summed E-state index contributed by atoms with van der Waals surface area (Å²) < 4.78 is 60.4. The Balaban J connectivity index is 1.99. The van der Waals surface area contributed by atoms with E-state index in [1.165, 1.54) is 24.3 Å². The van der Waals surface area contributed by atoms with Gasteiger partial charge in [-0.25, -0.2) is 4.39 Å². The minimum absolute atomic E-state index is 0.0598. The zero-order chi connectivity index (χ0) is 19.6. The molecule has 9 heteroatoms. The van der Waals surface area contributed by atoms with Gasteiger partial charge in [0, 0.05) is 16.3 Å². The number of ether oxygens (including phenoxy) is 2. The molecule has 1 aromatic heterocycles. The Labute approximate surface area is 149 Å². The zero-order valence-electron chi connectivity index (χ0n) is 13.4. The van der Waals surface area contributed by atoms with Crippen molar-refractivity contribution < 1.29 is 27.0 Å². The van der Waals surface area contributed by atoms with E-state index < -0.39 is 23.5 Å². The van der Waals surface area contributed by atoms with Crippen molar-refractivity contribution in [3.63, 3.8) is 0 Å². The van der Waals surface area contributed by atoms with Crippen LogP contribution in [0.25, 0.3) is 10.8 Å². The molecule has 1 N–H and O–H groups in total. The second-order valence-electron chi connectivity index (χ2n) is 5.40. The average molecular weight is 378 g/mol. The Morgan fingerprint density at radius 1 is 1.11 bits per heavy atom. The molecule has 3 aromatic rings. The second-order valence-corrected chi connectivity index (χ2v) is 5.40. The van der Waals surface area contributed by atoms with Crippen LogP contribution in [0.15, 0.2) is 47.3 Å². The van der Waals surface area contributed by atoms with Gasteiger partial charge < -0.3 is 9.47 Å². The third kappa shape index (κ3) is 4.00. The van der Waals surface area contributed by atoms with Crippen LogP contribution >= 0.6 is 0 Å². The predicted octanol–water partition coefficient (Wildman–Crippen LogP) is 4.02. The van der Waals surface area contributed by atoms with Crippen molar-refractivity contribution in [2.24, 2.45) is 0 Å². The molecule has 1 heterocycles. The summed E-state index contributed by atoms with van der Waals surface area (Å²) in [7, 11) is 0. The number of nitrogens with zero attached hydrogens (tertiary/aromatic N) is 1. The molecule has 0 aliphatic heterocycles. The number of fused-ring (bicyclic) bond motifs is 1. The molecule has 0 saturated carbocycles. The molecule has 0 bridgehead atoms. The van der Waals surface area contributed by atoms with Crippen LogP contribution in [0.5, 0.6) is 11.6 Å². The third-order valence-electron chi connectivity index (χ3n) is 3.63. The maximum absolute atomic E-state index is 13.6. The number of hydrogen-bond donors (Lipinski definition) is 1. The first-order chi connectivity index (χ1) is 12.8. The van der Waals surface area contributed by atoms with Gasteiger partial charge in [-0.15, -0.1) is 13.2 Å². The van der Waals surface area contributed by atoms with Crippen LogP contribution in [0.3, 0.4) is 0 Å². The highest BCUT2D eigenvalue weighted by Gasteiger charge is 2.32. The summed E-state index contributed by atoms with van der Waals surface area (Å²) in [5.41, 5.74) is -0.922. The van der Waals surface area contributed by atoms with E-state index in [1.807, 2.05) is 0 Å². The molecule has 0 radical (unpaired) electrons. The van der Waals surface area contributed by atoms with E-state index in [4.69, 9.17) is 10.00 Å². The first-order valence-corrected chi connectivity index (χ1v) is 7.50. The first kappa shape index (κ1) is 18.3. The lowest BCUT2D eigenvalue weighted by Gasteiger charge is -2.14. The molecule has 0 amide bonds. The van der Waals surface area contributed by atoms with E-state index in [1.54, 1.807) is 6.07 Å². The maximum atomic E-state index is 13.6. The van der Waals surface area contributed by atoms with Crippen molar-refractivity contribution in [1.29, 1.82) is 5.26 Å². The summed E-state index contributed by atoms with van der Waals surface area (Å²) in [6.45, 7) is -0.389. The Bertz CT molecular complexity index is 1100. The highest BCUT2D eigenvalue weighted by molar-refractivity contribution is 5.91. The van der Waals surface area contributed by atoms with Gasteiger partial charge in [0.05, 0.1) is 0 Å². The van der Waals surface area contributed by atoms with E-state index >= 15 is 0 Å². The number of nitrogens with one attached hydrogen (secondary N) is 1. The molecule has 0 aliphatic carbocycles. The summed E-state index contributed by atoms with van der Waals surface area (Å²) in [6.07, 6.45) is -4.88. The van der Waals surface area contributed by atoms with E-state index in [2.05, 4.69) is 9.72 Å². The van der Waals surface area contributed by atoms with Gasteiger partial charge in [0.2, 0.25) is 5.88 Å². The van der Waals surface area contributed by atoms with Gasteiger partial charge in [-0.2, -0.15) is 5.26 Å². The molecule has 0 unspecified atom stereocenters. The van der Waals surface area contributed by atoms with Crippen molar-refractivity contribution in [3.8, 4) is 17.7 Å². The lowest BCUT2D eigenvalue weighted by molar-refractivity contribution is -0.275. The number of aromatic amines is 1. The van der Waals surface area contributed by atoms with Gasteiger partial charge in [0.1, 0.15) is 29.8 Å². The molecule has 138 valence electrons. The van der Waals surface area contributed by atoms with Crippen molar-refractivity contribution in [2.45, 2.75) is 13.0 Å². The molecular formula is C18H10F4N2O3. The van der Waals surface area contributed by atoms with Crippen molar-refractivity contribution in [1.82, 2.24) is 4.98 Å². The van der Waals surface area contributed by atoms with Gasteiger partial charge in [-0.05, 0) is 24.3 Å². The summed E-state index contributed by atoms with van der Waals surface area (Å²) in [4.78, 5) is 14.3. The number of nitriles is 1. The normalized spacial score (nSPS) is 11.2. The van der Waals surface area contributed by atoms with E-state index in [9.17, 15) is 22.4 Å². The van der Waals surface area contributed by atoms with Gasteiger partial charge in [0.25, 0.3) is 5.56 Å². The molecule has 27 heavy (non-hydrogen) atoms. The van der Waals surface area contributed by atoms with Crippen molar-refractivity contribution in [3.05, 3.63) is 69.8 Å². The van der Waals surface area contributed by atoms with Crippen molar-refractivity contribution >= 4 is 10.8 Å². The van der Waals surface area contributed by atoms with Gasteiger partial charge in [-0.3, -0.25) is 9.78 Å². The highest BCUT2D eigenvalue weighted by Crippen LogP contribution is 2.29. The minimum Gasteiger partial charge on any atom is -0.473 e. The Morgan fingerprint density at radius 3 is 2.56 bits per heavy atom. The molecule has 0 fully saturated rings. The number of hydrogen-bond acceptors (Lipinski definition) is 4. The van der Waals surface area contributed by atoms with E-state index in [0.717, 1.165) is 18.2 Å². The van der Waals surface area contributed by atoms with Crippen LogP contribution in [0.2, 0.25) is 0 Å². The van der Waals surface area contributed by atoms with Gasteiger partial charge >= 0.3 is 6.36 Å². The Hall–Kier alpha value is -3.54. The fourth-order valence-electron chi connectivity index (χ4n) is 2.50. The quantitative estimate of drug-likeness (QED) is 0.696. The zero-order valence-corrected chi connectivity index (χ0v) is 13.4. The minimum atomic E-state index is -4.88. The van der Waals surface area contributed by atoms with Crippen molar-refractivity contribution in [2.75, 3.05) is 0 Å². The number of aromatic nitrogens is 1. The molecule has 5 nitrogen and oxygen atoms in total. The predicted molar refractivity (Wildman–Crippen MR) is 86.7 cm³/mol. The second kappa shape index (κ2) is 6.99. The molecule has 0 spiro atoms. The van der Waals surface area contributed by atoms with Crippen LogP contribution < -0.4 is 15.0 Å². The molecule has 0 atom stereocenters. The van der Waals surface area contributed by atoms with Crippen LogP contribution in [-0.2, 0) is 6.61 Å². The number of rotatable bonds is 4. The number of pyridine rings is 1. The standard InChI is InChI=1S/C18H10F4N2O3/c19-11-5-6-12-13(7-11)17(24-16(25)14(12)8-23)26-9-10-3-1-2-4-15(10)27-18(20,21)22/h1-7H,9H2,(H,24,25). The molecular weight excluding hydrogens is 368 g/mol. The lowest BCUT2D eigenvalue weighted by Crippen LogP contribution is -2.18. The SMILES string of the molecule is N#Cc1c(=O)[nH]c(OCc2ccccc2OC(F)(F)F)c2cc(F)ccc12. The third-order valence-corrected chi connectivity index (χ3v) is 3.63. The molecule has 0 aliphatic rings. The molecule has 2 aromatic carbocycles. The Kier molecular flexibility index (Phi) is 4.73. The Morgan fingerprint density at radius 2 is 1.85 bits per heavy atom. The topological polar surface area (TPSA) is 75.1 Å². The highest BCUT2D eigenvalue weighted by atomic mass is 19.4. The monoisotopic (exact) mass is 378 g/mol. The number of halogens is 4. The van der Waals surface area contributed by atoms with E-state index in [-0.39, 0.29) is 34.4 Å². The van der Waals surface area contributed by atoms with Gasteiger partial charge in [-0.1, -0.05) is 18.2 Å². The molecule has 0 saturated heterocycles. The first-order valence-electron chi connectivity index (χ1n) is 7.50. The maximum Gasteiger partial charge on any atom is 0.573 e. The van der Waals surface area contributed by atoms with Crippen LogP contribution in [-0.4, -0.2) is 11.3 Å². The van der Waals surface area contributed by atoms with Crippen LogP contribution in [0.1, 0.15) is 11.1 Å². The smallest absolute Gasteiger partial charge is 0.473 e. The van der Waals surface area contributed by atoms with Crippen LogP contribution in [0.4, 0.5) is 17.6 Å². The number of para-hydroxylation sites is 1. The largest absolute Gasteiger partial charge is 0.573 e. The van der Waals surface area contributed by atoms with Crippen LogP contribution in [0, 0.1) is 17.1 Å². The lowest BCUT2D eigenvalue weighted by atomic mass is 10.1. The number of H-pyrrole nitrogens is 1. The summed E-state index contributed by atoms with van der Waals surface area (Å²) in [5, 5.41) is 9.38. The summed E-state index contributed by atoms with van der Waals surface area (Å²) >= 11 is 0. The number of alkyl halides is 3. The van der Waals surface area contributed by atoms with E-state index in [0.29, 0.717) is 0 Å². The fourth-order valence-corrected chi connectivity index (χ4v) is 2.50. The number of benzene rings is 2. The van der Waals surface area contributed by atoms with Gasteiger partial charge in [0.15, 0.2) is 0 Å². The fraction of sp³-hybridized carbons (Fsp3) is 0.111. The summed E-state index contributed by atoms with van der Waals surface area (Å²) in [5.74, 6) is -1.27. The summed E-state index contributed by atoms with van der Waals surface area (Å²) in [6, 6.07) is 10.4.